The average Bonchev–Trinajstić information content (AvgIpc) is 2.61. The minimum absolute atomic E-state index is 0.231. The molecule has 0 aliphatic rings. The van der Waals surface area contributed by atoms with E-state index in [1.165, 1.54) is 6.20 Å². The van der Waals surface area contributed by atoms with Crippen LogP contribution in [0.5, 0.6) is 17.2 Å². The van der Waals surface area contributed by atoms with Crippen molar-refractivity contribution in [3.63, 3.8) is 0 Å². The van der Waals surface area contributed by atoms with Gasteiger partial charge in [0.1, 0.15) is 11.3 Å². The summed E-state index contributed by atoms with van der Waals surface area (Å²) in [6, 6.07) is 7.38. The van der Waals surface area contributed by atoms with Crippen molar-refractivity contribution in [3.05, 3.63) is 47.8 Å². The van der Waals surface area contributed by atoms with Gasteiger partial charge < -0.3 is 20.5 Å². The number of hydrogen-bond donors (Lipinski definition) is 2. The summed E-state index contributed by atoms with van der Waals surface area (Å²) in [6.07, 6.45) is 4.08. The third kappa shape index (κ3) is 5.74. The molecule has 6 heteroatoms. The molecule has 1 heterocycles. The molecule has 2 aromatic rings. The zero-order chi connectivity index (χ0) is 18.9. The van der Waals surface area contributed by atoms with Crippen LogP contribution in [0.3, 0.4) is 0 Å². The highest BCUT2D eigenvalue weighted by molar-refractivity contribution is 5.95. The van der Waals surface area contributed by atoms with Crippen molar-refractivity contribution in [2.45, 2.75) is 33.7 Å². The SMILES string of the molecule is CCOc1cc(CNCCC(C)C)ccc1Oc1ccncc1C(N)=O. The molecule has 0 aliphatic carbocycles. The van der Waals surface area contributed by atoms with E-state index in [9.17, 15) is 4.79 Å². The Hall–Kier alpha value is -2.60. The summed E-state index contributed by atoms with van der Waals surface area (Å²) in [6.45, 7) is 8.58. The van der Waals surface area contributed by atoms with Gasteiger partial charge in [-0.2, -0.15) is 0 Å². The third-order valence-electron chi connectivity index (χ3n) is 3.80. The molecule has 1 amide bonds. The van der Waals surface area contributed by atoms with Crippen LogP contribution in [0.25, 0.3) is 0 Å². The smallest absolute Gasteiger partial charge is 0.254 e. The molecule has 0 saturated heterocycles. The Bertz CT molecular complexity index is 732. The van der Waals surface area contributed by atoms with Crippen molar-refractivity contribution in [2.24, 2.45) is 11.7 Å². The highest BCUT2D eigenvalue weighted by Crippen LogP contribution is 2.33. The second-order valence-electron chi connectivity index (χ2n) is 6.41. The maximum Gasteiger partial charge on any atom is 0.254 e. The van der Waals surface area contributed by atoms with E-state index < -0.39 is 5.91 Å². The minimum Gasteiger partial charge on any atom is -0.490 e. The Morgan fingerprint density at radius 1 is 1.23 bits per heavy atom. The van der Waals surface area contributed by atoms with Gasteiger partial charge in [-0.3, -0.25) is 9.78 Å². The summed E-state index contributed by atoms with van der Waals surface area (Å²) in [4.78, 5) is 15.4. The maximum absolute atomic E-state index is 11.5. The van der Waals surface area contributed by atoms with Crippen molar-refractivity contribution >= 4 is 5.91 Å². The van der Waals surface area contributed by atoms with Crippen LogP contribution < -0.4 is 20.5 Å². The summed E-state index contributed by atoms with van der Waals surface area (Å²) in [5.41, 5.74) is 6.72. The Kier molecular flexibility index (Phi) is 7.41. The molecule has 0 saturated carbocycles. The molecule has 0 bridgehead atoms. The van der Waals surface area contributed by atoms with Crippen LogP contribution >= 0.6 is 0 Å². The minimum atomic E-state index is -0.586. The second-order valence-corrected chi connectivity index (χ2v) is 6.41. The van der Waals surface area contributed by atoms with E-state index in [4.69, 9.17) is 15.2 Å². The fourth-order valence-corrected chi connectivity index (χ4v) is 2.41. The first kappa shape index (κ1) is 19.7. The number of primary amides is 1. The van der Waals surface area contributed by atoms with Crippen molar-refractivity contribution < 1.29 is 14.3 Å². The molecule has 3 N–H and O–H groups in total. The number of nitrogens with zero attached hydrogens (tertiary/aromatic N) is 1. The number of nitrogens with two attached hydrogens (primary N) is 1. The lowest BCUT2D eigenvalue weighted by molar-refractivity contribution is 0.0997. The molecule has 26 heavy (non-hydrogen) atoms. The largest absolute Gasteiger partial charge is 0.490 e. The van der Waals surface area contributed by atoms with Gasteiger partial charge in [-0.1, -0.05) is 19.9 Å². The second kappa shape index (κ2) is 9.77. The van der Waals surface area contributed by atoms with Crippen LogP contribution in [0, 0.1) is 5.92 Å². The molecule has 0 unspecified atom stereocenters. The first-order chi connectivity index (χ1) is 12.5. The third-order valence-corrected chi connectivity index (χ3v) is 3.80. The molecule has 0 radical (unpaired) electrons. The van der Waals surface area contributed by atoms with Crippen molar-refractivity contribution in [2.75, 3.05) is 13.2 Å². The van der Waals surface area contributed by atoms with Crippen molar-refractivity contribution in [1.29, 1.82) is 0 Å². The Morgan fingerprint density at radius 2 is 2.04 bits per heavy atom. The fraction of sp³-hybridized carbons (Fsp3) is 0.400. The predicted octanol–water partition coefficient (Wildman–Crippen LogP) is 3.51. The molecule has 6 nitrogen and oxygen atoms in total. The lowest BCUT2D eigenvalue weighted by Gasteiger charge is -2.15. The number of carbonyl (C=O) groups is 1. The maximum atomic E-state index is 11.5. The van der Waals surface area contributed by atoms with E-state index >= 15 is 0 Å². The predicted molar refractivity (Wildman–Crippen MR) is 102 cm³/mol. The van der Waals surface area contributed by atoms with Gasteiger partial charge in [0.15, 0.2) is 11.5 Å². The highest BCUT2D eigenvalue weighted by atomic mass is 16.5. The molecular weight excluding hydrogens is 330 g/mol. The number of hydrogen-bond acceptors (Lipinski definition) is 5. The van der Waals surface area contributed by atoms with Crippen molar-refractivity contribution in [3.8, 4) is 17.2 Å². The van der Waals surface area contributed by atoms with Crippen molar-refractivity contribution in [1.82, 2.24) is 10.3 Å². The van der Waals surface area contributed by atoms with Crippen LogP contribution in [-0.2, 0) is 6.54 Å². The molecule has 0 atom stereocenters. The van der Waals surface area contributed by atoms with E-state index in [-0.39, 0.29) is 5.56 Å². The Morgan fingerprint density at radius 3 is 2.73 bits per heavy atom. The zero-order valence-corrected chi connectivity index (χ0v) is 15.6. The first-order valence-electron chi connectivity index (χ1n) is 8.89. The van der Waals surface area contributed by atoms with Gasteiger partial charge in [-0.05, 0) is 49.6 Å². The first-order valence-corrected chi connectivity index (χ1v) is 8.89. The molecule has 0 spiro atoms. The lowest BCUT2D eigenvalue weighted by atomic mass is 10.1. The van der Waals surface area contributed by atoms with Crippen LogP contribution in [0.15, 0.2) is 36.7 Å². The van der Waals surface area contributed by atoms with E-state index in [2.05, 4.69) is 24.1 Å². The van der Waals surface area contributed by atoms with Gasteiger partial charge in [0.2, 0.25) is 0 Å². The number of rotatable bonds is 10. The average molecular weight is 357 g/mol. The van der Waals surface area contributed by atoms with Crippen LogP contribution in [-0.4, -0.2) is 24.0 Å². The summed E-state index contributed by atoms with van der Waals surface area (Å²) < 4.78 is 11.6. The summed E-state index contributed by atoms with van der Waals surface area (Å²) in [7, 11) is 0. The standard InChI is InChI=1S/C20H27N3O3/c1-4-25-19-11-15(12-22-9-7-14(2)3)5-6-18(19)26-17-8-10-23-13-16(17)20(21)24/h5-6,8,10-11,13-14,22H,4,7,9,12H2,1-3H3,(H2,21,24). The highest BCUT2D eigenvalue weighted by Gasteiger charge is 2.13. The fourth-order valence-electron chi connectivity index (χ4n) is 2.41. The van der Waals surface area contributed by atoms with E-state index in [0.29, 0.717) is 29.8 Å². The van der Waals surface area contributed by atoms with Gasteiger partial charge in [0.25, 0.3) is 5.91 Å². The zero-order valence-electron chi connectivity index (χ0n) is 15.6. The van der Waals surface area contributed by atoms with Crippen LogP contribution in [0.2, 0.25) is 0 Å². The normalized spacial score (nSPS) is 10.8. The van der Waals surface area contributed by atoms with Gasteiger partial charge in [0.05, 0.1) is 6.61 Å². The van der Waals surface area contributed by atoms with Gasteiger partial charge in [-0.15, -0.1) is 0 Å². The number of nitrogens with one attached hydrogen (secondary N) is 1. The molecule has 1 aromatic heterocycles. The number of ether oxygens (including phenoxy) is 2. The van der Waals surface area contributed by atoms with E-state index in [0.717, 1.165) is 25.1 Å². The summed E-state index contributed by atoms with van der Waals surface area (Å²) >= 11 is 0. The van der Waals surface area contributed by atoms with Gasteiger partial charge in [-0.25, -0.2) is 0 Å². The molecule has 2 rings (SSSR count). The Balaban J connectivity index is 2.14. The summed E-state index contributed by atoms with van der Waals surface area (Å²) in [5, 5.41) is 3.43. The number of pyridine rings is 1. The number of amides is 1. The van der Waals surface area contributed by atoms with E-state index in [1.807, 2.05) is 25.1 Å². The molecular formula is C20H27N3O3. The molecule has 0 fully saturated rings. The van der Waals surface area contributed by atoms with Gasteiger partial charge >= 0.3 is 0 Å². The topological polar surface area (TPSA) is 86.5 Å². The number of benzene rings is 1. The monoisotopic (exact) mass is 357 g/mol. The quantitative estimate of drug-likeness (QED) is 0.636. The number of carbonyl (C=O) groups excluding carboxylic acids is 1. The van der Waals surface area contributed by atoms with Crippen LogP contribution in [0.1, 0.15) is 43.1 Å². The Labute approximate surface area is 154 Å². The summed E-state index contributed by atoms with van der Waals surface area (Å²) in [5.74, 6) is 1.61. The molecule has 0 aliphatic heterocycles. The lowest BCUT2D eigenvalue weighted by Crippen LogP contribution is -2.16. The van der Waals surface area contributed by atoms with Crippen LogP contribution in [0.4, 0.5) is 0 Å². The van der Waals surface area contributed by atoms with E-state index in [1.54, 1.807) is 12.3 Å². The molecule has 1 aromatic carbocycles. The molecule has 140 valence electrons. The van der Waals surface area contributed by atoms with Gasteiger partial charge in [0, 0.05) is 18.9 Å². The number of aromatic nitrogens is 1.